The molecular weight excluding hydrogens is 285 g/mol. The Morgan fingerprint density at radius 3 is 2.13 bits per heavy atom. The lowest BCUT2D eigenvalue weighted by Crippen LogP contribution is -2.49. The molecule has 5 heteroatoms. The number of hydrogen-bond donors (Lipinski definition) is 0. The van der Waals surface area contributed by atoms with Crippen LogP contribution in [0.25, 0.3) is 0 Å². The quantitative estimate of drug-likeness (QED) is 0.698. The second-order valence-corrected chi connectivity index (χ2v) is 5.22. The van der Waals surface area contributed by atoms with Crippen LogP contribution in [0.4, 0.5) is 5.69 Å². The molecule has 0 spiro atoms. The zero-order valence-corrected chi connectivity index (χ0v) is 12.4. The zero-order chi connectivity index (χ0) is 15.5. The van der Waals surface area contributed by atoms with Crippen molar-refractivity contribution < 1.29 is 4.76 Å². The molecule has 0 saturated carbocycles. The van der Waals surface area contributed by atoms with E-state index in [0.29, 0.717) is 0 Å². The molecule has 2 aromatic carbocycles. The minimum Gasteiger partial charge on any atom is -0.432 e. The van der Waals surface area contributed by atoms with Crippen molar-refractivity contribution in [3.63, 3.8) is 0 Å². The number of hydrogen-bond acceptors (Lipinski definition) is 4. The number of pyridine rings is 1. The maximum atomic E-state index is 5.77. The Hall–Kier alpha value is -3.08. The Morgan fingerprint density at radius 1 is 0.783 bits per heavy atom. The van der Waals surface area contributed by atoms with E-state index in [9.17, 15) is 0 Å². The van der Waals surface area contributed by atoms with E-state index in [2.05, 4.69) is 27.1 Å². The molecule has 1 aliphatic rings. The fraction of sp³-hybridized carbons (Fsp3) is 0. The average Bonchev–Trinajstić information content (AvgIpc) is 3.09. The standard InChI is InChI=1S/C18H14BN3O/c1-3-7-16(8-4-1)19-22(17-9-5-2-6-10-17)18(21-23-19)15-11-13-20-14-12-15/h1-14H. The highest BCUT2D eigenvalue weighted by molar-refractivity contribution is 6.76. The van der Waals surface area contributed by atoms with Crippen LogP contribution in [0.1, 0.15) is 5.56 Å². The summed E-state index contributed by atoms with van der Waals surface area (Å²) in [7, 11) is -0.276. The van der Waals surface area contributed by atoms with Gasteiger partial charge in [-0.2, -0.15) is 0 Å². The summed E-state index contributed by atoms with van der Waals surface area (Å²) in [6, 6.07) is 24.1. The molecule has 2 heterocycles. The summed E-state index contributed by atoms with van der Waals surface area (Å²) in [5.74, 6) is 0.785. The van der Waals surface area contributed by atoms with Crippen molar-refractivity contribution >= 4 is 24.0 Å². The summed E-state index contributed by atoms with van der Waals surface area (Å²) in [6.45, 7) is 0. The molecule has 0 saturated heterocycles. The topological polar surface area (TPSA) is 37.7 Å². The van der Waals surface area contributed by atoms with Crippen LogP contribution >= 0.6 is 0 Å². The van der Waals surface area contributed by atoms with E-state index < -0.39 is 0 Å². The molecule has 0 radical (unpaired) electrons. The zero-order valence-electron chi connectivity index (χ0n) is 12.4. The van der Waals surface area contributed by atoms with Gasteiger partial charge in [-0.15, -0.1) is 0 Å². The van der Waals surface area contributed by atoms with Crippen molar-refractivity contribution in [3.8, 4) is 0 Å². The molecule has 23 heavy (non-hydrogen) atoms. The molecule has 0 fully saturated rings. The maximum absolute atomic E-state index is 5.77. The van der Waals surface area contributed by atoms with Crippen LogP contribution in [0.15, 0.2) is 90.3 Å². The van der Waals surface area contributed by atoms with Gasteiger partial charge in [-0.1, -0.05) is 53.7 Å². The summed E-state index contributed by atoms with van der Waals surface area (Å²) in [5.41, 5.74) is 3.07. The summed E-state index contributed by atoms with van der Waals surface area (Å²) < 4.78 is 5.77. The van der Waals surface area contributed by atoms with Gasteiger partial charge in [0.2, 0.25) is 0 Å². The van der Waals surface area contributed by atoms with E-state index in [0.717, 1.165) is 22.5 Å². The van der Waals surface area contributed by atoms with Crippen LogP contribution < -0.4 is 10.3 Å². The third-order valence-electron chi connectivity index (χ3n) is 3.76. The van der Waals surface area contributed by atoms with Crippen molar-refractivity contribution in [2.45, 2.75) is 0 Å². The predicted octanol–water partition coefficient (Wildman–Crippen LogP) is 2.68. The summed E-state index contributed by atoms with van der Waals surface area (Å²) in [6.07, 6.45) is 3.52. The highest BCUT2D eigenvalue weighted by Crippen LogP contribution is 2.23. The van der Waals surface area contributed by atoms with E-state index in [1.807, 2.05) is 60.7 Å². The third kappa shape index (κ3) is 2.57. The van der Waals surface area contributed by atoms with Gasteiger partial charge in [0.25, 0.3) is 0 Å². The fourth-order valence-electron chi connectivity index (χ4n) is 2.67. The van der Waals surface area contributed by atoms with Crippen molar-refractivity contribution in [3.05, 3.63) is 90.8 Å². The predicted molar refractivity (Wildman–Crippen MR) is 92.6 cm³/mol. The Balaban J connectivity index is 1.79. The van der Waals surface area contributed by atoms with Crippen LogP contribution in [-0.4, -0.2) is 17.9 Å². The second kappa shape index (κ2) is 5.97. The molecule has 1 aliphatic heterocycles. The van der Waals surface area contributed by atoms with Gasteiger partial charge in [0.1, 0.15) is 0 Å². The van der Waals surface area contributed by atoms with E-state index in [1.54, 1.807) is 12.4 Å². The largest absolute Gasteiger partial charge is 0.550 e. The highest BCUT2D eigenvalue weighted by Gasteiger charge is 2.39. The van der Waals surface area contributed by atoms with Gasteiger partial charge in [-0.05, 0) is 29.7 Å². The molecule has 0 atom stereocenters. The van der Waals surface area contributed by atoms with E-state index >= 15 is 0 Å². The second-order valence-electron chi connectivity index (χ2n) is 5.22. The lowest BCUT2D eigenvalue weighted by Gasteiger charge is -2.22. The third-order valence-corrected chi connectivity index (χ3v) is 3.76. The number of anilines is 1. The number of aromatic nitrogens is 1. The molecular formula is C18H14BN3O. The van der Waals surface area contributed by atoms with Gasteiger partial charge in [-0.25, -0.2) is 0 Å². The molecule has 0 N–H and O–H groups in total. The number of rotatable bonds is 3. The number of amidine groups is 1. The molecule has 3 aromatic rings. The minimum absolute atomic E-state index is 0.276. The number of nitrogens with zero attached hydrogens (tertiary/aromatic N) is 3. The van der Waals surface area contributed by atoms with Gasteiger partial charge in [0, 0.05) is 23.6 Å². The Labute approximate surface area is 135 Å². The van der Waals surface area contributed by atoms with Crippen molar-refractivity contribution in [2.24, 2.45) is 5.16 Å². The molecule has 0 aliphatic carbocycles. The lowest BCUT2D eigenvalue weighted by molar-refractivity contribution is 0.367. The van der Waals surface area contributed by atoms with Crippen LogP contribution in [0.2, 0.25) is 0 Å². The van der Waals surface area contributed by atoms with E-state index in [1.165, 1.54) is 0 Å². The monoisotopic (exact) mass is 299 g/mol. The lowest BCUT2D eigenvalue weighted by atomic mass is 9.71. The van der Waals surface area contributed by atoms with Crippen molar-refractivity contribution in [2.75, 3.05) is 4.81 Å². The Kier molecular flexibility index (Phi) is 3.52. The molecule has 1 aromatic heterocycles. The van der Waals surface area contributed by atoms with Gasteiger partial charge >= 0.3 is 7.05 Å². The normalized spacial score (nSPS) is 13.7. The molecule has 4 rings (SSSR count). The van der Waals surface area contributed by atoms with Crippen molar-refractivity contribution in [1.82, 2.24) is 4.98 Å². The smallest absolute Gasteiger partial charge is 0.432 e. The summed E-state index contributed by atoms with van der Waals surface area (Å²) in [4.78, 5) is 6.18. The number of benzene rings is 2. The Bertz CT molecular complexity index is 809. The van der Waals surface area contributed by atoms with Crippen LogP contribution in [0, 0.1) is 0 Å². The molecule has 0 unspecified atom stereocenters. The first-order valence-electron chi connectivity index (χ1n) is 7.47. The molecule has 0 amide bonds. The van der Waals surface area contributed by atoms with Gasteiger partial charge in [-0.3, -0.25) is 4.98 Å². The van der Waals surface area contributed by atoms with E-state index in [4.69, 9.17) is 4.76 Å². The number of para-hydroxylation sites is 1. The SMILES string of the molecule is c1ccc(B2ON=C(c3ccncc3)N2c2ccccc2)cc1. The van der Waals surface area contributed by atoms with Crippen LogP contribution in [-0.2, 0) is 4.76 Å². The van der Waals surface area contributed by atoms with E-state index in [-0.39, 0.29) is 7.05 Å². The van der Waals surface area contributed by atoms with Gasteiger partial charge in [0.05, 0.1) is 0 Å². The molecule has 4 nitrogen and oxygen atoms in total. The average molecular weight is 299 g/mol. The number of oxime groups is 1. The highest BCUT2D eigenvalue weighted by atomic mass is 16.6. The van der Waals surface area contributed by atoms with Gasteiger partial charge < -0.3 is 9.57 Å². The van der Waals surface area contributed by atoms with Crippen LogP contribution in [0.3, 0.4) is 0 Å². The first-order valence-corrected chi connectivity index (χ1v) is 7.47. The Morgan fingerprint density at radius 2 is 1.43 bits per heavy atom. The molecule has 110 valence electrons. The first-order chi connectivity index (χ1) is 11.4. The maximum Gasteiger partial charge on any atom is 0.550 e. The van der Waals surface area contributed by atoms with Gasteiger partial charge in [0.15, 0.2) is 5.84 Å². The summed E-state index contributed by atoms with van der Waals surface area (Å²) in [5, 5.41) is 4.34. The fourth-order valence-corrected chi connectivity index (χ4v) is 2.67. The van der Waals surface area contributed by atoms with Crippen molar-refractivity contribution in [1.29, 1.82) is 0 Å². The summed E-state index contributed by atoms with van der Waals surface area (Å²) >= 11 is 0. The minimum atomic E-state index is -0.276. The first kappa shape index (κ1) is 13.6. The molecule has 0 bridgehead atoms. The van der Waals surface area contributed by atoms with Crippen LogP contribution in [0.5, 0.6) is 0 Å².